The van der Waals surface area contributed by atoms with Gasteiger partial charge in [-0.15, -0.1) is 0 Å². The van der Waals surface area contributed by atoms with E-state index in [4.69, 9.17) is 13.9 Å². The van der Waals surface area contributed by atoms with Gasteiger partial charge in [0, 0.05) is 11.3 Å². The van der Waals surface area contributed by atoms with E-state index in [1.807, 2.05) is 12.1 Å². The highest BCUT2D eigenvalue weighted by Gasteiger charge is 2.09. The Hall–Kier alpha value is -2.79. The van der Waals surface area contributed by atoms with Crippen molar-refractivity contribution in [2.45, 2.75) is 6.61 Å². The molecule has 2 heterocycles. The lowest BCUT2D eigenvalue weighted by Gasteiger charge is -2.04. The van der Waals surface area contributed by atoms with Crippen molar-refractivity contribution in [3.63, 3.8) is 0 Å². The number of hydrogen-bond donors (Lipinski definition) is 2. The second-order valence-electron chi connectivity index (χ2n) is 4.43. The molecule has 2 aromatic heterocycles. The number of amides is 1. The van der Waals surface area contributed by atoms with Gasteiger partial charge in [0.25, 0.3) is 5.91 Å². The van der Waals surface area contributed by atoms with Gasteiger partial charge >= 0.3 is 0 Å². The number of aliphatic hydroxyl groups is 1. The Morgan fingerprint density at radius 3 is 2.52 bits per heavy atom. The van der Waals surface area contributed by atoms with E-state index in [1.165, 1.54) is 6.26 Å². The van der Waals surface area contributed by atoms with Crippen molar-refractivity contribution >= 4 is 11.6 Å². The largest absolute Gasteiger partial charge is 0.459 e. The molecule has 0 aliphatic heterocycles. The lowest BCUT2D eigenvalue weighted by Crippen LogP contribution is -2.10. The Bertz CT molecular complexity index is 726. The predicted octanol–water partition coefficient (Wildman–Crippen LogP) is 3.28. The molecule has 3 aromatic rings. The molecule has 5 nitrogen and oxygen atoms in total. The van der Waals surface area contributed by atoms with Crippen molar-refractivity contribution in [2.75, 3.05) is 5.32 Å². The van der Waals surface area contributed by atoms with Gasteiger partial charge in [0.05, 0.1) is 6.26 Å². The summed E-state index contributed by atoms with van der Waals surface area (Å²) in [5.41, 5.74) is 1.53. The molecule has 1 amide bonds. The molecule has 0 aliphatic rings. The average Bonchev–Trinajstić information content (AvgIpc) is 3.19. The van der Waals surface area contributed by atoms with Crippen molar-refractivity contribution < 1.29 is 18.7 Å². The fraction of sp³-hybridized carbons (Fsp3) is 0.0625. The third-order valence-corrected chi connectivity index (χ3v) is 2.99. The predicted molar refractivity (Wildman–Crippen MR) is 76.7 cm³/mol. The molecule has 0 radical (unpaired) electrons. The lowest BCUT2D eigenvalue weighted by molar-refractivity contribution is 0.0996. The van der Waals surface area contributed by atoms with Crippen LogP contribution < -0.4 is 5.32 Å². The van der Waals surface area contributed by atoms with E-state index in [0.29, 0.717) is 17.2 Å². The summed E-state index contributed by atoms with van der Waals surface area (Å²) in [5.74, 6) is 1.15. The topological polar surface area (TPSA) is 75.6 Å². The van der Waals surface area contributed by atoms with E-state index in [1.54, 1.807) is 36.4 Å². The van der Waals surface area contributed by atoms with Crippen LogP contribution in [0.5, 0.6) is 0 Å². The molecule has 0 saturated carbocycles. The van der Waals surface area contributed by atoms with Gasteiger partial charge in [-0.2, -0.15) is 0 Å². The second kappa shape index (κ2) is 5.68. The number of rotatable bonds is 4. The normalized spacial score (nSPS) is 10.5. The van der Waals surface area contributed by atoms with Crippen LogP contribution in [0.3, 0.4) is 0 Å². The summed E-state index contributed by atoms with van der Waals surface area (Å²) in [6, 6.07) is 14.0. The first kappa shape index (κ1) is 13.2. The van der Waals surface area contributed by atoms with Crippen molar-refractivity contribution in [2.24, 2.45) is 0 Å². The van der Waals surface area contributed by atoms with Crippen molar-refractivity contribution in [3.05, 3.63) is 66.3 Å². The maximum absolute atomic E-state index is 11.8. The smallest absolute Gasteiger partial charge is 0.291 e. The molecule has 0 saturated heterocycles. The van der Waals surface area contributed by atoms with Crippen LogP contribution in [0.25, 0.3) is 11.3 Å². The molecule has 3 rings (SSSR count). The van der Waals surface area contributed by atoms with Crippen LogP contribution in [-0.2, 0) is 6.61 Å². The lowest BCUT2D eigenvalue weighted by atomic mass is 10.1. The summed E-state index contributed by atoms with van der Waals surface area (Å²) in [5, 5.41) is 11.7. The number of carbonyl (C=O) groups excluding carboxylic acids is 1. The Morgan fingerprint density at radius 1 is 1.10 bits per heavy atom. The summed E-state index contributed by atoms with van der Waals surface area (Å²) in [4.78, 5) is 11.8. The molecule has 0 aliphatic carbocycles. The number of hydrogen-bond acceptors (Lipinski definition) is 4. The summed E-state index contributed by atoms with van der Waals surface area (Å²) in [6.07, 6.45) is 1.45. The average molecular weight is 283 g/mol. The monoisotopic (exact) mass is 283 g/mol. The van der Waals surface area contributed by atoms with Crippen LogP contribution in [0.4, 0.5) is 5.69 Å². The highest BCUT2D eigenvalue weighted by Crippen LogP contribution is 2.24. The van der Waals surface area contributed by atoms with Gasteiger partial charge in [0.15, 0.2) is 5.76 Å². The number of furan rings is 2. The SMILES string of the molecule is O=C(Nc1ccc(-c2ccc(CO)o2)cc1)c1ccco1. The first-order valence-corrected chi connectivity index (χ1v) is 6.41. The van der Waals surface area contributed by atoms with Crippen LogP contribution in [0, 0.1) is 0 Å². The summed E-state index contributed by atoms with van der Waals surface area (Å²) >= 11 is 0. The van der Waals surface area contributed by atoms with Gasteiger partial charge in [-0.3, -0.25) is 4.79 Å². The van der Waals surface area contributed by atoms with E-state index < -0.39 is 0 Å². The highest BCUT2D eigenvalue weighted by atomic mass is 16.4. The van der Waals surface area contributed by atoms with Gasteiger partial charge in [-0.25, -0.2) is 0 Å². The third-order valence-electron chi connectivity index (χ3n) is 2.99. The number of nitrogens with one attached hydrogen (secondary N) is 1. The Morgan fingerprint density at radius 2 is 1.90 bits per heavy atom. The second-order valence-corrected chi connectivity index (χ2v) is 4.43. The van der Waals surface area contributed by atoms with E-state index in [9.17, 15) is 4.79 Å². The minimum Gasteiger partial charge on any atom is -0.459 e. The zero-order chi connectivity index (χ0) is 14.7. The highest BCUT2D eigenvalue weighted by molar-refractivity contribution is 6.02. The molecule has 0 spiro atoms. The minimum absolute atomic E-state index is 0.128. The van der Waals surface area contributed by atoms with Gasteiger partial charge in [-0.1, -0.05) is 0 Å². The number of aliphatic hydroxyl groups excluding tert-OH is 1. The summed E-state index contributed by atoms with van der Waals surface area (Å²) in [6.45, 7) is -0.128. The first-order valence-electron chi connectivity index (χ1n) is 6.41. The zero-order valence-electron chi connectivity index (χ0n) is 11.1. The quantitative estimate of drug-likeness (QED) is 0.770. The zero-order valence-corrected chi connectivity index (χ0v) is 11.1. The van der Waals surface area contributed by atoms with Gasteiger partial charge in [0.1, 0.15) is 18.1 Å². The molecule has 106 valence electrons. The minimum atomic E-state index is -0.298. The molecular formula is C16H13NO4. The Balaban J connectivity index is 1.73. The molecule has 0 bridgehead atoms. The van der Waals surface area contributed by atoms with E-state index in [2.05, 4.69) is 5.32 Å². The van der Waals surface area contributed by atoms with Crippen molar-refractivity contribution in [3.8, 4) is 11.3 Å². The van der Waals surface area contributed by atoms with Crippen LogP contribution in [0.2, 0.25) is 0 Å². The molecule has 0 unspecified atom stereocenters. The van der Waals surface area contributed by atoms with Crippen LogP contribution >= 0.6 is 0 Å². The summed E-state index contributed by atoms with van der Waals surface area (Å²) in [7, 11) is 0. The molecule has 21 heavy (non-hydrogen) atoms. The van der Waals surface area contributed by atoms with Crippen molar-refractivity contribution in [1.29, 1.82) is 0 Å². The third kappa shape index (κ3) is 2.88. The van der Waals surface area contributed by atoms with Crippen LogP contribution in [0.1, 0.15) is 16.3 Å². The Kier molecular flexibility index (Phi) is 3.57. The molecule has 0 fully saturated rings. The molecular weight excluding hydrogens is 270 g/mol. The van der Waals surface area contributed by atoms with Crippen LogP contribution in [0.15, 0.2) is 63.6 Å². The molecule has 0 atom stereocenters. The summed E-state index contributed by atoms with van der Waals surface area (Å²) < 4.78 is 10.5. The van der Waals surface area contributed by atoms with Crippen LogP contribution in [-0.4, -0.2) is 11.0 Å². The Labute approximate surface area is 120 Å². The van der Waals surface area contributed by atoms with E-state index in [0.717, 1.165) is 5.56 Å². The number of carbonyl (C=O) groups is 1. The molecule has 2 N–H and O–H groups in total. The van der Waals surface area contributed by atoms with Gasteiger partial charge in [0.2, 0.25) is 0 Å². The standard InChI is InChI=1S/C16H13NO4/c18-10-13-7-8-14(21-13)11-3-5-12(6-4-11)17-16(19)15-2-1-9-20-15/h1-9,18H,10H2,(H,17,19). The maximum Gasteiger partial charge on any atom is 0.291 e. The maximum atomic E-state index is 11.8. The van der Waals surface area contributed by atoms with Crippen molar-refractivity contribution in [1.82, 2.24) is 0 Å². The molecule has 1 aromatic carbocycles. The number of anilines is 1. The fourth-order valence-corrected chi connectivity index (χ4v) is 1.94. The van der Waals surface area contributed by atoms with Gasteiger partial charge < -0.3 is 19.3 Å². The molecule has 5 heteroatoms. The number of benzene rings is 1. The van der Waals surface area contributed by atoms with E-state index in [-0.39, 0.29) is 18.3 Å². The first-order chi connectivity index (χ1) is 10.3. The van der Waals surface area contributed by atoms with Gasteiger partial charge in [-0.05, 0) is 48.5 Å². The fourth-order valence-electron chi connectivity index (χ4n) is 1.94. The van der Waals surface area contributed by atoms with E-state index >= 15 is 0 Å².